The molecule has 0 radical (unpaired) electrons. The molecule has 0 saturated heterocycles. The number of benzene rings is 2. The van der Waals surface area contributed by atoms with Crippen molar-refractivity contribution in [2.24, 2.45) is 11.8 Å². The maximum atomic E-state index is 2.40. The summed E-state index contributed by atoms with van der Waals surface area (Å²) < 4.78 is 0. The summed E-state index contributed by atoms with van der Waals surface area (Å²) in [4.78, 5) is 0. The van der Waals surface area contributed by atoms with Crippen LogP contribution < -0.4 is 0 Å². The molecule has 2 unspecified atom stereocenters. The van der Waals surface area contributed by atoms with Crippen molar-refractivity contribution in [1.29, 1.82) is 0 Å². The van der Waals surface area contributed by atoms with Crippen LogP contribution in [0.25, 0.3) is 0 Å². The molecule has 2 fully saturated rings. The zero-order valence-corrected chi connectivity index (χ0v) is 18.3. The molecule has 4 rings (SSSR count). The summed E-state index contributed by atoms with van der Waals surface area (Å²) in [5, 5.41) is 0. The van der Waals surface area contributed by atoms with Gasteiger partial charge in [-0.3, -0.25) is 0 Å². The molecule has 0 bridgehead atoms. The second-order valence-corrected chi connectivity index (χ2v) is 9.76. The van der Waals surface area contributed by atoms with Gasteiger partial charge in [0.15, 0.2) is 0 Å². The van der Waals surface area contributed by atoms with Crippen molar-refractivity contribution >= 4 is 0 Å². The van der Waals surface area contributed by atoms with Gasteiger partial charge in [-0.15, -0.1) is 0 Å². The van der Waals surface area contributed by atoms with Crippen molar-refractivity contribution < 1.29 is 0 Å². The average Bonchev–Trinajstić information content (AvgIpc) is 2.81. The van der Waals surface area contributed by atoms with Crippen molar-refractivity contribution in [2.75, 3.05) is 0 Å². The Morgan fingerprint density at radius 3 is 1.28 bits per heavy atom. The van der Waals surface area contributed by atoms with Crippen molar-refractivity contribution in [2.45, 2.75) is 95.3 Å². The SMILES string of the molecule is c1ccc(C(CCCC(c2ccccc2)C2CCCCC2)C2CCCCC2)cc1. The van der Waals surface area contributed by atoms with E-state index in [2.05, 4.69) is 60.7 Å². The number of hydrogen-bond acceptors (Lipinski definition) is 0. The van der Waals surface area contributed by atoms with Crippen molar-refractivity contribution in [3.8, 4) is 0 Å². The highest BCUT2D eigenvalue weighted by molar-refractivity contribution is 5.22. The van der Waals surface area contributed by atoms with Gasteiger partial charge >= 0.3 is 0 Å². The highest BCUT2D eigenvalue weighted by atomic mass is 14.3. The van der Waals surface area contributed by atoms with Crippen LogP contribution in [0, 0.1) is 11.8 Å². The van der Waals surface area contributed by atoms with E-state index in [0.29, 0.717) is 0 Å². The van der Waals surface area contributed by atoms with Gasteiger partial charge in [-0.25, -0.2) is 0 Å². The predicted molar refractivity (Wildman–Crippen MR) is 125 cm³/mol. The second kappa shape index (κ2) is 11.0. The van der Waals surface area contributed by atoms with Crippen molar-refractivity contribution in [3.63, 3.8) is 0 Å². The van der Waals surface area contributed by atoms with Crippen LogP contribution in [0.2, 0.25) is 0 Å². The van der Waals surface area contributed by atoms with Crippen molar-refractivity contribution in [3.05, 3.63) is 71.8 Å². The van der Waals surface area contributed by atoms with E-state index in [0.717, 1.165) is 23.7 Å². The molecular weight excluding hydrogens is 348 g/mol. The molecule has 2 aromatic carbocycles. The van der Waals surface area contributed by atoms with Crippen LogP contribution in [0.1, 0.15) is 106 Å². The summed E-state index contributed by atoms with van der Waals surface area (Å²) in [6.07, 6.45) is 18.6. The molecule has 0 spiro atoms. The van der Waals surface area contributed by atoms with Gasteiger partial charge in [-0.1, -0.05) is 106 Å². The lowest BCUT2D eigenvalue weighted by Gasteiger charge is -2.33. The lowest BCUT2D eigenvalue weighted by molar-refractivity contribution is 0.267. The van der Waals surface area contributed by atoms with Crippen LogP contribution >= 0.6 is 0 Å². The lowest BCUT2D eigenvalue weighted by atomic mass is 9.72. The Hall–Kier alpha value is -1.56. The Morgan fingerprint density at radius 2 is 0.897 bits per heavy atom. The quantitative estimate of drug-likeness (QED) is 0.423. The minimum Gasteiger partial charge on any atom is -0.0622 e. The maximum absolute atomic E-state index is 2.40. The number of hydrogen-bond donors (Lipinski definition) is 0. The van der Waals surface area contributed by atoms with E-state index < -0.39 is 0 Å². The summed E-state index contributed by atoms with van der Waals surface area (Å²) in [5.74, 6) is 3.38. The van der Waals surface area contributed by atoms with E-state index in [1.807, 2.05) is 0 Å². The third-order valence-corrected chi connectivity index (χ3v) is 7.92. The third kappa shape index (κ3) is 5.74. The Labute approximate surface area is 179 Å². The molecule has 0 heteroatoms. The van der Waals surface area contributed by atoms with E-state index in [1.165, 1.54) is 83.5 Å². The van der Waals surface area contributed by atoms with Crippen molar-refractivity contribution in [1.82, 2.24) is 0 Å². The van der Waals surface area contributed by atoms with Gasteiger partial charge in [0, 0.05) is 0 Å². The summed E-state index contributed by atoms with van der Waals surface area (Å²) in [6, 6.07) is 22.9. The smallest absolute Gasteiger partial charge is 0.0134 e. The largest absolute Gasteiger partial charge is 0.0622 e. The Morgan fingerprint density at radius 1 is 0.517 bits per heavy atom. The van der Waals surface area contributed by atoms with Gasteiger partial charge in [0.25, 0.3) is 0 Å². The predicted octanol–water partition coefficient (Wildman–Crippen LogP) is 8.88. The molecular formula is C29H40. The summed E-state index contributed by atoms with van der Waals surface area (Å²) >= 11 is 0. The molecule has 0 amide bonds. The lowest BCUT2D eigenvalue weighted by Crippen LogP contribution is -2.19. The first-order chi connectivity index (χ1) is 14.4. The van der Waals surface area contributed by atoms with E-state index in [4.69, 9.17) is 0 Å². The molecule has 2 aliphatic rings. The van der Waals surface area contributed by atoms with Gasteiger partial charge < -0.3 is 0 Å². The van der Waals surface area contributed by atoms with Gasteiger partial charge in [0.2, 0.25) is 0 Å². The van der Waals surface area contributed by atoms with Crippen LogP contribution in [0.5, 0.6) is 0 Å². The first-order valence-corrected chi connectivity index (χ1v) is 12.5. The van der Waals surface area contributed by atoms with Gasteiger partial charge in [-0.05, 0) is 73.3 Å². The van der Waals surface area contributed by atoms with Crippen LogP contribution in [0.4, 0.5) is 0 Å². The van der Waals surface area contributed by atoms with Crippen LogP contribution in [-0.4, -0.2) is 0 Å². The van der Waals surface area contributed by atoms with Gasteiger partial charge in [0.1, 0.15) is 0 Å². The molecule has 2 aromatic rings. The molecule has 2 saturated carbocycles. The molecule has 29 heavy (non-hydrogen) atoms. The average molecular weight is 389 g/mol. The van der Waals surface area contributed by atoms with E-state index in [-0.39, 0.29) is 0 Å². The molecule has 0 N–H and O–H groups in total. The second-order valence-electron chi connectivity index (χ2n) is 9.76. The zero-order valence-electron chi connectivity index (χ0n) is 18.3. The number of rotatable bonds is 8. The highest BCUT2D eigenvalue weighted by Crippen LogP contribution is 2.42. The van der Waals surface area contributed by atoms with Gasteiger partial charge in [-0.2, -0.15) is 0 Å². The first-order valence-electron chi connectivity index (χ1n) is 12.5. The topological polar surface area (TPSA) is 0 Å². The Kier molecular flexibility index (Phi) is 7.85. The highest BCUT2D eigenvalue weighted by Gasteiger charge is 2.27. The summed E-state index contributed by atoms with van der Waals surface area (Å²) in [7, 11) is 0. The van der Waals surface area contributed by atoms with E-state index in [9.17, 15) is 0 Å². The summed E-state index contributed by atoms with van der Waals surface area (Å²) in [5.41, 5.74) is 3.21. The fourth-order valence-electron chi connectivity index (χ4n) is 6.38. The van der Waals surface area contributed by atoms with Crippen LogP contribution in [0.15, 0.2) is 60.7 Å². The minimum atomic E-state index is 0.777. The van der Waals surface area contributed by atoms with Crippen LogP contribution in [-0.2, 0) is 0 Å². The van der Waals surface area contributed by atoms with E-state index in [1.54, 1.807) is 11.1 Å². The third-order valence-electron chi connectivity index (χ3n) is 7.92. The monoisotopic (exact) mass is 388 g/mol. The van der Waals surface area contributed by atoms with E-state index >= 15 is 0 Å². The minimum absolute atomic E-state index is 0.777. The first kappa shape index (κ1) is 20.7. The molecule has 0 nitrogen and oxygen atoms in total. The summed E-state index contributed by atoms with van der Waals surface area (Å²) in [6.45, 7) is 0. The zero-order chi connectivity index (χ0) is 19.7. The fraction of sp³-hybridized carbons (Fsp3) is 0.586. The van der Waals surface area contributed by atoms with Gasteiger partial charge in [0.05, 0.1) is 0 Å². The molecule has 2 aliphatic carbocycles. The molecule has 156 valence electrons. The molecule has 0 heterocycles. The molecule has 0 aliphatic heterocycles. The Balaban J connectivity index is 1.43. The fourth-order valence-corrected chi connectivity index (χ4v) is 6.38. The molecule has 0 aromatic heterocycles. The normalized spacial score (nSPS) is 21.0. The Bertz CT molecular complexity index is 615. The standard InChI is InChI=1S/C29H40/c1-5-14-24(15-6-1)28(25-16-7-2-8-17-25)22-13-23-29(26-18-9-3-10-19-26)27-20-11-4-12-21-27/h1,3,5-6,9-10,14-15,18-19,25,27-29H,2,4,7-8,11-13,16-17,20-23H2. The molecule has 2 atom stereocenters. The maximum Gasteiger partial charge on any atom is -0.0134 e. The van der Waals surface area contributed by atoms with Crippen LogP contribution in [0.3, 0.4) is 0 Å².